The summed E-state index contributed by atoms with van der Waals surface area (Å²) < 4.78 is 8.70. The Morgan fingerprint density at radius 3 is 1.50 bits per heavy atom. The Labute approximate surface area is 172 Å². The second-order valence-corrected chi connectivity index (χ2v) is 7.06. The third-order valence-electron chi connectivity index (χ3n) is 3.82. The first-order chi connectivity index (χ1) is 13.4. The second-order valence-electron chi connectivity index (χ2n) is 6.56. The van der Waals surface area contributed by atoms with E-state index in [2.05, 4.69) is 19.1 Å². The van der Waals surface area contributed by atoms with Gasteiger partial charge in [0.1, 0.15) is 0 Å². The number of carboxylic acid groups (broad SMARTS) is 1. The fraction of sp³-hybridized carbons (Fsp3) is 0.850. The number of rotatable bonds is 16. The van der Waals surface area contributed by atoms with Crippen LogP contribution in [-0.4, -0.2) is 34.0 Å². The van der Waals surface area contributed by atoms with Gasteiger partial charge in [-0.15, -0.1) is 9.79 Å². The molecular weight excluding hydrogens is 379 g/mol. The number of hydrogen-bond donors (Lipinski definition) is 5. The summed E-state index contributed by atoms with van der Waals surface area (Å²) in [6, 6.07) is 0. The van der Waals surface area contributed by atoms with Gasteiger partial charge in [0.2, 0.25) is 0 Å². The molecule has 168 valence electrons. The van der Waals surface area contributed by atoms with Crippen molar-refractivity contribution in [3.8, 4) is 0 Å². The quantitative estimate of drug-likeness (QED) is 0.138. The summed E-state index contributed by atoms with van der Waals surface area (Å²) in [5, 5.41) is 8.51. The van der Waals surface area contributed by atoms with Crippen LogP contribution in [-0.2, 0) is 9.36 Å². The molecule has 0 spiro atoms. The van der Waals surface area contributed by atoms with E-state index in [1.165, 1.54) is 70.6 Å². The largest absolute Gasteiger partial charge is 0.692 e. The van der Waals surface area contributed by atoms with Gasteiger partial charge in [-0.3, -0.25) is 4.79 Å². The molecular formula is C20H44N2O5P+. The van der Waals surface area contributed by atoms with Crippen LogP contribution in [0.4, 0.5) is 0 Å². The van der Waals surface area contributed by atoms with E-state index in [9.17, 15) is 4.79 Å². The van der Waals surface area contributed by atoms with Crippen LogP contribution in [0.15, 0.2) is 12.2 Å². The Kier molecular flexibility index (Phi) is 35.1. The van der Waals surface area contributed by atoms with Crippen LogP contribution < -0.4 is 11.5 Å². The van der Waals surface area contributed by atoms with Crippen molar-refractivity contribution in [2.75, 3.05) is 13.1 Å². The molecule has 7 nitrogen and oxygen atoms in total. The Balaban J connectivity index is -0.000000656. The monoisotopic (exact) mass is 423 g/mol. The van der Waals surface area contributed by atoms with Gasteiger partial charge in [0, 0.05) is 24.1 Å². The molecule has 0 aromatic heterocycles. The van der Waals surface area contributed by atoms with Crippen molar-refractivity contribution in [1.29, 1.82) is 0 Å². The van der Waals surface area contributed by atoms with Crippen LogP contribution in [0.2, 0.25) is 0 Å². The number of nitrogens with two attached hydrogens (primary N) is 2. The highest BCUT2D eigenvalue weighted by Crippen LogP contribution is 2.09. The first-order valence-electron chi connectivity index (χ1n) is 10.5. The van der Waals surface area contributed by atoms with Crippen molar-refractivity contribution in [3.63, 3.8) is 0 Å². The lowest BCUT2D eigenvalue weighted by Gasteiger charge is -1.99. The van der Waals surface area contributed by atoms with Gasteiger partial charge < -0.3 is 16.6 Å². The molecule has 0 aliphatic rings. The molecule has 0 saturated carbocycles. The lowest BCUT2D eigenvalue weighted by Crippen LogP contribution is -2.11. The zero-order valence-electron chi connectivity index (χ0n) is 17.7. The Bertz CT molecular complexity index is 349. The third-order valence-corrected chi connectivity index (χ3v) is 3.82. The number of allylic oxidation sites excluding steroid dienone is 2. The molecule has 7 N–H and O–H groups in total. The summed E-state index contributed by atoms with van der Waals surface area (Å²) in [4.78, 5) is 24.6. The SMILES string of the molecule is CCCCCCCC/C=C\CCCCCCCC(=O)O.NCCN.O=[P+](O)O. The standard InChI is InChI=1S/C18H34O2.C2H8N2.HO3P/c1-2-3-4-5-6-7-8-9-10-11-12-13-14-15-16-17-18(19)20;3-1-2-4;1-4(2)3/h9-10H,2-8,11-17H2,1H3,(H,19,20);1-4H2;(H-,1,2,3)/p+1/b10-9-;;. The molecule has 0 radical (unpaired) electrons. The van der Waals surface area contributed by atoms with Crippen LogP contribution >= 0.6 is 8.25 Å². The van der Waals surface area contributed by atoms with Gasteiger partial charge in [0.15, 0.2) is 0 Å². The average molecular weight is 424 g/mol. The summed E-state index contributed by atoms with van der Waals surface area (Å²) in [7, 11) is -2.87. The minimum Gasteiger partial charge on any atom is -0.481 e. The zero-order valence-corrected chi connectivity index (χ0v) is 18.6. The van der Waals surface area contributed by atoms with Gasteiger partial charge in [-0.25, -0.2) is 0 Å². The normalized spacial score (nSPS) is 10.0. The zero-order chi connectivity index (χ0) is 21.9. The average Bonchev–Trinajstić information content (AvgIpc) is 2.64. The lowest BCUT2D eigenvalue weighted by molar-refractivity contribution is -0.137. The van der Waals surface area contributed by atoms with E-state index in [4.69, 9.17) is 30.9 Å². The molecule has 8 heteroatoms. The predicted octanol–water partition coefficient (Wildman–Crippen LogP) is 4.64. The fourth-order valence-corrected chi connectivity index (χ4v) is 2.35. The van der Waals surface area contributed by atoms with Gasteiger partial charge >= 0.3 is 14.2 Å². The molecule has 0 rings (SSSR count). The van der Waals surface area contributed by atoms with E-state index >= 15 is 0 Å². The van der Waals surface area contributed by atoms with E-state index in [0.29, 0.717) is 19.5 Å². The summed E-state index contributed by atoms with van der Waals surface area (Å²) in [6.07, 6.45) is 21.2. The first-order valence-corrected chi connectivity index (χ1v) is 11.7. The number of carbonyl (C=O) groups is 1. The van der Waals surface area contributed by atoms with Gasteiger partial charge in [0.25, 0.3) is 0 Å². The number of unbranched alkanes of at least 4 members (excludes halogenated alkanes) is 11. The summed E-state index contributed by atoms with van der Waals surface area (Å²) in [6.45, 7) is 3.45. The molecule has 0 atom stereocenters. The minimum atomic E-state index is -2.87. The van der Waals surface area contributed by atoms with Crippen LogP contribution in [0.25, 0.3) is 0 Å². The Hall–Kier alpha value is -0.850. The molecule has 0 bridgehead atoms. The highest BCUT2D eigenvalue weighted by molar-refractivity contribution is 7.30. The van der Waals surface area contributed by atoms with Crippen LogP contribution in [0.1, 0.15) is 96.8 Å². The van der Waals surface area contributed by atoms with E-state index in [1.54, 1.807) is 0 Å². The molecule has 0 heterocycles. The Morgan fingerprint density at radius 2 is 1.14 bits per heavy atom. The summed E-state index contributed by atoms with van der Waals surface area (Å²) >= 11 is 0. The number of hydrogen-bond acceptors (Lipinski definition) is 4. The number of aliphatic carboxylic acids is 1. The lowest BCUT2D eigenvalue weighted by atomic mass is 10.1. The maximum Gasteiger partial charge on any atom is 0.692 e. The highest BCUT2D eigenvalue weighted by atomic mass is 31.1. The van der Waals surface area contributed by atoms with Crippen LogP contribution in [0.5, 0.6) is 0 Å². The van der Waals surface area contributed by atoms with Crippen LogP contribution in [0, 0.1) is 0 Å². The molecule has 0 aliphatic heterocycles. The smallest absolute Gasteiger partial charge is 0.481 e. The fourth-order valence-electron chi connectivity index (χ4n) is 2.35. The molecule has 0 aromatic carbocycles. The maximum absolute atomic E-state index is 10.3. The van der Waals surface area contributed by atoms with E-state index < -0.39 is 14.2 Å². The first kappa shape index (κ1) is 31.8. The van der Waals surface area contributed by atoms with Crippen molar-refractivity contribution in [2.24, 2.45) is 11.5 Å². The molecule has 0 unspecified atom stereocenters. The predicted molar refractivity (Wildman–Crippen MR) is 117 cm³/mol. The molecule has 0 fully saturated rings. The molecule has 28 heavy (non-hydrogen) atoms. The van der Waals surface area contributed by atoms with E-state index in [0.717, 1.165) is 12.8 Å². The highest BCUT2D eigenvalue weighted by Gasteiger charge is 1.96. The van der Waals surface area contributed by atoms with Crippen molar-refractivity contribution in [2.45, 2.75) is 96.8 Å². The van der Waals surface area contributed by atoms with Crippen molar-refractivity contribution < 1.29 is 24.3 Å². The second kappa shape index (κ2) is 30.9. The van der Waals surface area contributed by atoms with E-state index in [1.807, 2.05) is 0 Å². The van der Waals surface area contributed by atoms with Gasteiger partial charge in [-0.2, -0.15) is 0 Å². The molecule has 0 aromatic rings. The van der Waals surface area contributed by atoms with Gasteiger partial charge in [-0.05, 0) is 32.1 Å². The summed E-state index contributed by atoms with van der Waals surface area (Å²) in [5.41, 5.74) is 9.81. The topological polar surface area (TPSA) is 147 Å². The Morgan fingerprint density at radius 1 is 0.786 bits per heavy atom. The van der Waals surface area contributed by atoms with Crippen molar-refractivity contribution >= 4 is 14.2 Å². The van der Waals surface area contributed by atoms with Gasteiger partial charge in [-0.1, -0.05) is 70.4 Å². The number of carboxylic acids is 1. The van der Waals surface area contributed by atoms with Crippen molar-refractivity contribution in [3.05, 3.63) is 12.2 Å². The van der Waals surface area contributed by atoms with E-state index in [-0.39, 0.29) is 0 Å². The summed E-state index contributed by atoms with van der Waals surface area (Å²) in [5.74, 6) is -0.664. The third kappa shape index (κ3) is 49.9. The molecule has 0 saturated heterocycles. The van der Waals surface area contributed by atoms with Crippen LogP contribution in [0.3, 0.4) is 0 Å². The molecule has 0 aliphatic carbocycles. The maximum atomic E-state index is 10.3. The molecule has 0 amide bonds. The van der Waals surface area contributed by atoms with Crippen molar-refractivity contribution in [1.82, 2.24) is 0 Å². The van der Waals surface area contributed by atoms with Gasteiger partial charge in [0.05, 0.1) is 0 Å². The minimum absolute atomic E-state index is 0.332.